The van der Waals surface area contributed by atoms with Gasteiger partial charge in [-0.2, -0.15) is 5.10 Å². The Morgan fingerprint density at radius 1 is 1.55 bits per heavy atom. The van der Waals surface area contributed by atoms with Gasteiger partial charge >= 0.3 is 5.97 Å². The maximum absolute atomic E-state index is 11.2. The smallest absolute Gasteiger partial charge is 0.337 e. The van der Waals surface area contributed by atoms with Crippen molar-refractivity contribution in [3.05, 3.63) is 40.7 Å². The second-order valence-corrected chi connectivity index (χ2v) is 4.76. The monoisotopic (exact) mass is 294 g/mol. The van der Waals surface area contributed by atoms with Crippen LogP contribution in [0.1, 0.15) is 16.1 Å². The van der Waals surface area contributed by atoms with E-state index in [1.165, 1.54) is 12.1 Å². The van der Waals surface area contributed by atoms with E-state index in [0.717, 1.165) is 5.69 Å². The van der Waals surface area contributed by atoms with E-state index in [1.807, 2.05) is 13.1 Å². The van der Waals surface area contributed by atoms with Gasteiger partial charge in [0, 0.05) is 37.6 Å². The fraction of sp³-hybridized carbons (Fsp3) is 0.231. The van der Waals surface area contributed by atoms with Crippen molar-refractivity contribution in [1.29, 1.82) is 0 Å². The van der Waals surface area contributed by atoms with Crippen LogP contribution in [0.5, 0.6) is 0 Å². The summed E-state index contributed by atoms with van der Waals surface area (Å²) in [4.78, 5) is 11.2. The highest BCUT2D eigenvalue weighted by molar-refractivity contribution is 6.34. The molecule has 7 heteroatoms. The first-order valence-corrected chi connectivity index (χ1v) is 6.40. The number of carbonyl (C=O) groups is 1. The Hall–Kier alpha value is -2.21. The van der Waals surface area contributed by atoms with Crippen LogP contribution in [0.4, 0.5) is 11.4 Å². The summed E-state index contributed by atoms with van der Waals surface area (Å²) in [6, 6.07) is 4.82. The fourth-order valence-electron chi connectivity index (χ4n) is 1.94. The predicted molar refractivity (Wildman–Crippen MR) is 78.2 cm³/mol. The summed E-state index contributed by atoms with van der Waals surface area (Å²) < 4.78 is 1.77. The van der Waals surface area contributed by atoms with Gasteiger partial charge in [0.25, 0.3) is 0 Å². The molecule has 0 aliphatic rings. The lowest BCUT2D eigenvalue weighted by Gasteiger charge is -2.12. The molecule has 6 nitrogen and oxygen atoms in total. The summed E-state index contributed by atoms with van der Waals surface area (Å²) in [7, 11) is 1.86. The first-order chi connectivity index (χ1) is 9.49. The fourth-order valence-corrected chi connectivity index (χ4v) is 2.23. The van der Waals surface area contributed by atoms with Crippen LogP contribution in [0.15, 0.2) is 24.4 Å². The number of carboxylic acids is 1. The third-order valence-corrected chi connectivity index (χ3v) is 3.25. The number of anilines is 2. The van der Waals surface area contributed by atoms with Gasteiger partial charge in [0.15, 0.2) is 0 Å². The highest BCUT2D eigenvalue weighted by atomic mass is 35.5. The summed E-state index contributed by atoms with van der Waals surface area (Å²) in [6.07, 6.45) is 2.42. The zero-order valence-electron chi connectivity index (χ0n) is 10.9. The molecule has 4 N–H and O–H groups in total. The molecule has 0 aliphatic heterocycles. The molecule has 2 aromatic rings. The third kappa shape index (κ3) is 3.03. The summed E-state index contributed by atoms with van der Waals surface area (Å²) >= 11 is 6.05. The van der Waals surface area contributed by atoms with Crippen LogP contribution in [-0.2, 0) is 13.5 Å². The molecule has 0 bridgehead atoms. The van der Waals surface area contributed by atoms with Gasteiger partial charge in [-0.05, 0) is 18.2 Å². The highest BCUT2D eigenvalue weighted by Crippen LogP contribution is 2.29. The molecule has 0 unspecified atom stereocenters. The van der Waals surface area contributed by atoms with Crippen molar-refractivity contribution in [3.8, 4) is 0 Å². The average Bonchev–Trinajstić information content (AvgIpc) is 2.77. The maximum atomic E-state index is 11.2. The second kappa shape index (κ2) is 5.83. The minimum absolute atomic E-state index is 0.0695. The van der Waals surface area contributed by atoms with Gasteiger partial charge in [-0.15, -0.1) is 0 Å². The molecule has 1 aromatic carbocycles. The van der Waals surface area contributed by atoms with Crippen LogP contribution in [0, 0.1) is 0 Å². The van der Waals surface area contributed by atoms with E-state index in [4.69, 9.17) is 17.3 Å². The van der Waals surface area contributed by atoms with Gasteiger partial charge in [-0.3, -0.25) is 4.68 Å². The van der Waals surface area contributed by atoms with Crippen LogP contribution >= 0.6 is 11.6 Å². The predicted octanol–water partition coefficient (Wildman–Crippen LogP) is 2.01. The first kappa shape index (κ1) is 14.2. The molecule has 0 spiro atoms. The van der Waals surface area contributed by atoms with Crippen molar-refractivity contribution >= 4 is 28.9 Å². The Kier molecular flexibility index (Phi) is 4.14. The normalized spacial score (nSPS) is 10.5. The van der Waals surface area contributed by atoms with E-state index in [-0.39, 0.29) is 5.56 Å². The molecule has 106 valence electrons. The quantitative estimate of drug-likeness (QED) is 0.734. The van der Waals surface area contributed by atoms with Crippen molar-refractivity contribution in [1.82, 2.24) is 9.78 Å². The molecular formula is C13H15ClN4O2. The Morgan fingerprint density at radius 2 is 2.30 bits per heavy atom. The van der Waals surface area contributed by atoms with Crippen molar-refractivity contribution in [2.75, 3.05) is 17.6 Å². The Labute approximate surface area is 121 Å². The lowest BCUT2D eigenvalue weighted by Crippen LogP contribution is -2.12. The van der Waals surface area contributed by atoms with Crippen LogP contribution in [0.25, 0.3) is 0 Å². The minimum Gasteiger partial charge on any atom is -0.478 e. The Bertz CT molecular complexity index is 639. The molecule has 20 heavy (non-hydrogen) atoms. The molecule has 0 amide bonds. The van der Waals surface area contributed by atoms with Gasteiger partial charge in [0.2, 0.25) is 0 Å². The van der Waals surface area contributed by atoms with Crippen molar-refractivity contribution in [3.63, 3.8) is 0 Å². The molecule has 0 saturated carbocycles. The lowest BCUT2D eigenvalue weighted by molar-refractivity contribution is 0.0698. The van der Waals surface area contributed by atoms with Gasteiger partial charge < -0.3 is 16.2 Å². The summed E-state index contributed by atoms with van der Waals surface area (Å²) in [5.41, 5.74) is 7.43. The van der Waals surface area contributed by atoms with Gasteiger partial charge in [-0.1, -0.05) is 11.6 Å². The highest BCUT2D eigenvalue weighted by Gasteiger charge is 2.14. The molecule has 0 atom stereocenters. The van der Waals surface area contributed by atoms with Gasteiger partial charge in [-0.25, -0.2) is 4.79 Å². The van der Waals surface area contributed by atoms with Crippen LogP contribution in [-0.4, -0.2) is 27.4 Å². The number of nitrogens with two attached hydrogens (primary N) is 1. The number of aromatic nitrogens is 2. The number of hydrogen-bond donors (Lipinski definition) is 3. The third-order valence-electron chi connectivity index (χ3n) is 2.95. The molecule has 1 heterocycles. The standard InChI is InChI=1S/C13H15ClN4O2/c1-18-9(3-5-17-18)2-4-16-12-10(13(19)20)6-8(15)7-11(12)14/h3,5-7,16H,2,4,15H2,1H3,(H,19,20). The topological polar surface area (TPSA) is 93.2 Å². The summed E-state index contributed by atoms with van der Waals surface area (Å²) in [5, 5.41) is 16.6. The molecular weight excluding hydrogens is 280 g/mol. The minimum atomic E-state index is -1.07. The number of benzene rings is 1. The second-order valence-electron chi connectivity index (χ2n) is 4.35. The zero-order valence-corrected chi connectivity index (χ0v) is 11.7. The van der Waals surface area contributed by atoms with Crippen molar-refractivity contribution in [2.45, 2.75) is 6.42 Å². The van der Waals surface area contributed by atoms with Crippen molar-refractivity contribution in [2.24, 2.45) is 7.05 Å². The molecule has 1 aromatic heterocycles. The zero-order chi connectivity index (χ0) is 14.7. The summed E-state index contributed by atoms with van der Waals surface area (Å²) in [5.74, 6) is -1.07. The average molecular weight is 295 g/mol. The van der Waals surface area contributed by atoms with Gasteiger partial charge in [0.05, 0.1) is 16.3 Å². The number of nitrogen functional groups attached to an aromatic ring is 1. The molecule has 2 rings (SSSR count). The Balaban J connectivity index is 2.13. The van der Waals surface area contributed by atoms with Crippen LogP contribution < -0.4 is 11.1 Å². The first-order valence-electron chi connectivity index (χ1n) is 6.02. The van der Waals surface area contributed by atoms with E-state index in [9.17, 15) is 9.90 Å². The van der Waals surface area contributed by atoms with Crippen molar-refractivity contribution < 1.29 is 9.90 Å². The number of hydrogen-bond acceptors (Lipinski definition) is 4. The maximum Gasteiger partial charge on any atom is 0.337 e. The number of carboxylic acid groups (broad SMARTS) is 1. The van der Waals surface area contributed by atoms with E-state index >= 15 is 0 Å². The number of aromatic carboxylic acids is 1. The van der Waals surface area contributed by atoms with E-state index in [2.05, 4.69) is 10.4 Å². The molecule has 0 fully saturated rings. The molecule has 0 aliphatic carbocycles. The molecule has 0 radical (unpaired) electrons. The van der Waals surface area contributed by atoms with E-state index < -0.39 is 5.97 Å². The summed E-state index contributed by atoms with van der Waals surface area (Å²) in [6.45, 7) is 0.545. The number of halogens is 1. The SMILES string of the molecule is Cn1nccc1CCNc1c(Cl)cc(N)cc1C(=O)O. The van der Waals surface area contributed by atoms with Crippen LogP contribution in [0.3, 0.4) is 0 Å². The largest absolute Gasteiger partial charge is 0.478 e. The Morgan fingerprint density at radius 3 is 2.90 bits per heavy atom. The molecule has 0 saturated heterocycles. The van der Waals surface area contributed by atoms with Crippen LogP contribution in [0.2, 0.25) is 5.02 Å². The lowest BCUT2D eigenvalue weighted by atomic mass is 10.1. The number of aryl methyl sites for hydroxylation is 1. The van der Waals surface area contributed by atoms with Gasteiger partial charge in [0.1, 0.15) is 0 Å². The number of nitrogens with one attached hydrogen (secondary N) is 1. The van der Waals surface area contributed by atoms with E-state index in [0.29, 0.717) is 29.4 Å². The number of nitrogens with zero attached hydrogens (tertiary/aromatic N) is 2. The van der Waals surface area contributed by atoms with E-state index in [1.54, 1.807) is 10.9 Å². The number of rotatable bonds is 5.